The maximum atomic E-state index is 12.4. The Kier molecular flexibility index (Phi) is 2.78. The van der Waals surface area contributed by atoms with Gasteiger partial charge in [-0.2, -0.15) is 0 Å². The molecule has 0 fully saturated rings. The van der Waals surface area contributed by atoms with Crippen molar-refractivity contribution in [2.24, 2.45) is 0 Å². The van der Waals surface area contributed by atoms with E-state index in [1.807, 2.05) is 0 Å². The molecule has 2 aromatic rings. The van der Waals surface area contributed by atoms with E-state index in [1.54, 1.807) is 24.0 Å². The Hall–Kier alpha value is -2.63. The number of fused-ring (bicyclic) bond motifs is 1. The molecule has 0 saturated heterocycles. The quantitative estimate of drug-likeness (QED) is 0.902. The maximum Gasteiger partial charge on any atom is 0.335 e. The van der Waals surface area contributed by atoms with Crippen LogP contribution >= 0.6 is 0 Å². The molecule has 0 unspecified atom stereocenters. The summed E-state index contributed by atoms with van der Waals surface area (Å²) >= 11 is 0. The van der Waals surface area contributed by atoms with Crippen LogP contribution in [0.5, 0.6) is 0 Å². The van der Waals surface area contributed by atoms with Crippen molar-refractivity contribution in [3.8, 4) is 0 Å². The highest BCUT2D eigenvalue weighted by molar-refractivity contribution is 6.06. The molecule has 0 radical (unpaired) electrons. The van der Waals surface area contributed by atoms with Gasteiger partial charge in [-0.05, 0) is 37.1 Å². The second kappa shape index (κ2) is 4.48. The van der Waals surface area contributed by atoms with Gasteiger partial charge in [0.2, 0.25) is 5.76 Å². The van der Waals surface area contributed by atoms with Gasteiger partial charge in [0.15, 0.2) is 0 Å². The Morgan fingerprint density at radius 3 is 2.85 bits per heavy atom. The lowest BCUT2D eigenvalue weighted by Crippen LogP contribution is -2.29. The molecule has 20 heavy (non-hydrogen) atoms. The van der Waals surface area contributed by atoms with Gasteiger partial charge in [0.25, 0.3) is 5.91 Å². The average Bonchev–Trinajstić information content (AvgIpc) is 3.03. The number of anilines is 1. The van der Waals surface area contributed by atoms with Crippen LogP contribution in [0.2, 0.25) is 0 Å². The monoisotopic (exact) mass is 272 g/mol. The van der Waals surface area contributed by atoms with Crippen molar-refractivity contribution in [2.45, 2.75) is 13.3 Å². The fraction of sp³-hybridized carbons (Fsp3) is 0.214. The highest BCUT2D eigenvalue weighted by Crippen LogP contribution is 2.30. The molecule has 1 aromatic heterocycles. The Morgan fingerprint density at radius 1 is 1.40 bits per heavy atom. The Balaban J connectivity index is 1.96. The number of carboxylic acid groups (broad SMARTS) is 1. The summed E-state index contributed by atoms with van der Waals surface area (Å²) in [6, 6.07) is 4.77. The molecule has 3 rings (SSSR count). The summed E-state index contributed by atoms with van der Waals surface area (Å²) in [6.45, 7) is 2.27. The smallest absolute Gasteiger partial charge is 0.335 e. The van der Waals surface area contributed by atoms with E-state index in [9.17, 15) is 9.59 Å². The first-order valence-corrected chi connectivity index (χ1v) is 6.17. The zero-order valence-corrected chi connectivity index (χ0v) is 10.8. The molecule has 102 valence electrons. The van der Waals surface area contributed by atoms with E-state index in [1.165, 1.54) is 12.3 Å². The third kappa shape index (κ3) is 1.85. The van der Waals surface area contributed by atoms with Crippen molar-refractivity contribution >= 4 is 17.6 Å². The van der Waals surface area contributed by atoms with E-state index in [2.05, 4.69) is 5.16 Å². The number of aryl methyl sites for hydroxylation is 1. The molecule has 0 aliphatic carbocycles. The van der Waals surface area contributed by atoms with Crippen molar-refractivity contribution in [2.75, 3.05) is 11.4 Å². The number of amides is 1. The summed E-state index contributed by atoms with van der Waals surface area (Å²) in [5.74, 6) is -0.995. The summed E-state index contributed by atoms with van der Waals surface area (Å²) in [4.78, 5) is 24.9. The van der Waals surface area contributed by atoms with E-state index >= 15 is 0 Å². The van der Waals surface area contributed by atoms with Crippen LogP contribution in [0.1, 0.15) is 32.0 Å². The third-order valence-electron chi connectivity index (χ3n) is 3.41. The van der Waals surface area contributed by atoms with Crippen LogP contribution in [-0.4, -0.2) is 28.7 Å². The van der Waals surface area contributed by atoms with Gasteiger partial charge in [0, 0.05) is 17.8 Å². The first kappa shape index (κ1) is 12.4. The molecular formula is C14H12N2O4. The zero-order chi connectivity index (χ0) is 14.3. The zero-order valence-electron chi connectivity index (χ0n) is 10.8. The minimum Gasteiger partial charge on any atom is -0.478 e. The molecule has 6 nitrogen and oxygen atoms in total. The second-order valence-electron chi connectivity index (χ2n) is 4.69. The number of nitrogens with zero attached hydrogens (tertiary/aromatic N) is 2. The number of benzene rings is 1. The molecule has 1 N–H and O–H groups in total. The summed E-state index contributed by atoms with van der Waals surface area (Å²) in [5.41, 5.74) is 2.51. The highest BCUT2D eigenvalue weighted by atomic mass is 16.5. The second-order valence-corrected chi connectivity index (χ2v) is 4.69. The summed E-state index contributed by atoms with van der Waals surface area (Å²) < 4.78 is 4.98. The van der Waals surface area contributed by atoms with E-state index in [0.29, 0.717) is 18.5 Å². The van der Waals surface area contributed by atoms with Gasteiger partial charge >= 0.3 is 5.97 Å². The van der Waals surface area contributed by atoms with Crippen LogP contribution in [0, 0.1) is 6.92 Å². The maximum absolute atomic E-state index is 12.4. The Morgan fingerprint density at radius 2 is 2.20 bits per heavy atom. The van der Waals surface area contributed by atoms with Crippen LogP contribution in [0.15, 0.2) is 28.9 Å². The van der Waals surface area contributed by atoms with Gasteiger partial charge in [-0.1, -0.05) is 5.16 Å². The number of hydrogen-bond acceptors (Lipinski definition) is 4. The van der Waals surface area contributed by atoms with Gasteiger partial charge in [0.1, 0.15) is 0 Å². The number of carboxylic acids is 1. The Bertz CT molecular complexity index is 705. The molecule has 2 heterocycles. The first-order chi connectivity index (χ1) is 9.58. The number of rotatable bonds is 2. The number of aromatic nitrogens is 1. The lowest BCUT2D eigenvalue weighted by Gasteiger charge is -2.15. The Labute approximate surface area is 114 Å². The minimum absolute atomic E-state index is 0.222. The van der Waals surface area contributed by atoms with E-state index < -0.39 is 5.97 Å². The number of carbonyl (C=O) groups excluding carboxylic acids is 1. The van der Waals surface area contributed by atoms with Crippen LogP contribution in [-0.2, 0) is 6.42 Å². The van der Waals surface area contributed by atoms with E-state index in [-0.39, 0.29) is 17.2 Å². The molecule has 1 aromatic carbocycles. The fourth-order valence-electron chi connectivity index (χ4n) is 2.36. The predicted molar refractivity (Wildman–Crippen MR) is 70.0 cm³/mol. The SMILES string of the molecule is Cc1cnoc1C(=O)N1CCc2cc(C(=O)O)ccc21. The standard InChI is InChI=1S/C14H12N2O4/c1-8-7-15-20-12(8)13(17)16-5-4-9-6-10(14(18)19)2-3-11(9)16/h2-3,6-7H,4-5H2,1H3,(H,18,19). The van der Waals surface area contributed by atoms with Crippen molar-refractivity contribution in [1.29, 1.82) is 0 Å². The van der Waals surface area contributed by atoms with Crippen LogP contribution < -0.4 is 4.90 Å². The van der Waals surface area contributed by atoms with Gasteiger partial charge in [0.05, 0.1) is 11.8 Å². The molecule has 0 atom stereocenters. The molecule has 6 heteroatoms. The lowest BCUT2D eigenvalue weighted by atomic mass is 10.1. The number of carbonyl (C=O) groups is 2. The minimum atomic E-state index is -0.969. The summed E-state index contributed by atoms with van der Waals surface area (Å²) in [7, 11) is 0. The predicted octanol–water partition coefficient (Wildman–Crippen LogP) is 1.88. The number of aromatic carboxylic acids is 1. The molecular weight excluding hydrogens is 260 g/mol. The van der Waals surface area contributed by atoms with Crippen LogP contribution in [0.25, 0.3) is 0 Å². The summed E-state index contributed by atoms with van der Waals surface area (Å²) in [6.07, 6.45) is 2.13. The van der Waals surface area contributed by atoms with Crippen molar-refractivity contribution in [3.05, 3.63) is 46.8 Å². The molecule has 1 aliphatic rings. The summed E-state index contributed by atoms with van der Waals surface area (Å²) in [5, 5.41) is 12.6. The number of hydrogen-bond donors (Lipinski definition) is 1. The molecule has 0 bridgehead atoms. The van der Waals surface area contributed by atoms with Crippen molar-refractivity contribution in [1.82, 2.24) is 5.16 Å². The third-order valence-corrected chi connectivity index (χ3v) is 3.41. The van der Waals surface area contributed by atoms with E-state index in [4.69, 9.17) is 9.63 Å². The van der Waals surface area contributed by atoms with Crippen LogP contribution in [0.3, 0.4) is 0 Å². The van der Waals surface area contributed by atoms with Crippen LogP contribution in [0.4, 0.5) is 5.69 Å². The van der Waals surface area contributed by atoms with Gasteiger partial charge in [-0.15, -0.1) is 0 Å². The largest absolute Gasteiger partial charge is 0.478 e. The van der Waals surface area contributed by atoms with Gasteiger partial charge in [-0.25, -0.2) is 4.79 Å². The lowest BCUT2D eigenvalue weighted by molar-refractivity contribution is 0.0696. The normalized spacial score (nSPS) is 13.3. The van der Waals surface area contributed by atoms with Gasteiger partial charge in [-0.3, -0.25) is 4.79 Å². The van der Waals surface area contributed by atoms with Crippen molar-refractivity contribution in [3.63, 3.8) is 0 Å². The average molecular weight is 272 g/mol. The fourth-order valence-corrected chi connectivity index (χ4v) is 2.36. The molecule has 1 aliphatic heterocycles. The molecule has 1 amide bonds. The van der Waals surface area contributed by atoms with E-state index in [0.717, 1.165) is 11.3 Å². The molecule has 0 spiro atoms. The highest BCUT2D eigenvalue weighted by Gasteiger charge is 2.29. The topological polar surface area (TPSA) is 83.6 Å². The van der Waals surface area contributed by atoms with Crippen molar-refractivity contribution < 1.29 is 19.2 Å². The molecule has 0 saturated carbocycles. The first-order valence-electron chi connectivity index (χ1n) is 6.17. The van der Waals surface area contributed by atoms with Gasteiger partial charge < -0.3 is 14.5 Å².